The van der Waals surface area contributed by atoms with Crippen LogP contribution in [0.1, 0.15) is 5.69 Å². The van der Waals surface area contributed by atoms with Crippen molar-refractivity contribution >= 4 is 29.0 Å². The average Bonchev–Trinajstić information content (AvgIpc) is 2.68. The molecule has 0 aliphatic heterocycles. The fraction of sp³-hybridized carbons (Fsp3) is 0.182. The molecule has 17 heavy (non-hydrogen) atoms. The lowest BCUT2D eigenvalue weighted by Crippen LogP contribution is -2.02. The van der Waals surface area contributed by atoms with Crippen molar-refractivity contribution in [2.75, 3.05) is 12.3 Å². The van der Waals surface area contributed by atoms with E-state index in [1.54, 1.807) is 24.3 Å². The Labute approximate surface area is 109 Å². The molecule has 2 rings (SSSR count). The van der Waals surface area contributed by atoms with Crippen LogP contribution in [0, 0.1) is 0 Å². The molecule has 0 aliphatic rings. The van der Waals surface area contributed by atoms with E-state index in [4.69, 9.17) is 33.7 Å². The van der Waals surface area contributed by atoms with E-state index in [1.165, 1.54) is 0 Å². The van der Waals surface area contributed by atoms with Gasteiger partial charge in [0.1, 0.15) is 11.6 Å². The summed E-state index contributed by atoms with van der Waals surface area (Å²) in [5, 5.41) is 7.72. The molecule has 1 aromatic heterocycles. The second kappa shape index (κ2) is 5.29. The molecule has 0 bridgehead atoms. The molecule has 0 aliphatic carbocycles. The number of benzene rings is 1. The fourth-order valence-electron chi connectivity index (χ4n) is 1.37. The van der Waals surface area contributed by atoms with E-state index >= 15 is 0 Å². The van der Waals surface area contributed by atoms with Crippen molar-refractivity contribution in [3.8, 4) is 5.75 Å². The fourth-order valence-corrected chi connectivity index (χ4v) is 1.83. The minimum atomic E-state index is 0.476. The highest BCUT2D eigenvalue weighted by Crippen LogP contribution is 2.27. The molecule has 6 heteroatoms. The highest BCUT2D eigenvalue weighted by atomic mass is 35.5. The van der Waals surface area contributed by atoms with Gasteiger partial charge in [0.2, 0.25) is 0 Å². The van der Waals surface area contributed by atoms with Crippen LogP contribution in [-0.2, 0) is 6.42 Å². The summed E-state index contributed by atoms with van der Waals surface area (Å²) in [7, 11) is 0. The van der Waals surface area contributed by atoms with Gasteiger partial charge in [0, 0.05) is 23.2 Å². The van der Waals surface area contributed by atoms with Crippen LogP contribution in [0.5, 0.6) is 5.75 Å². The molecule has 0 spiro atoms. The lowest BCUT2D eigenvalue weighted by Gasteiger charge is -2.07. The molecule has 0 amide bonds. The smallest absolute Gasteiger partial charge is 0.145 e. The van der Waals surface area contributed by atoms with Gasteiger partial charge < -0.3 is 10.5 Å². The number of hydrogen-bond donors (Lipinski definition) is 2. The van der Waals surface area contributed by atoms with Crippen molar-refractivity contribution in [1.82, 2.24) is 10.2 Å². The Morgan fingerprint density at radius 2 is 2.12 bits per heavy atom. The minimum absolute atomic E-state index is 0.476. The summed E-state index contributed by atoms with van der Waals surface area (Å²) in [4.78, 5) is 0. The summed E-state index contributed by atoms with van der Waals surface area (Å²) >= 11 is 11.7. The summed E-state index contributed by atoms with van der Waals surface area (Å²) in [5.41, 5.74) is 6.41. The molecule has 0 saturated carbocycles. The molecule has 2 aromatic rings. The van der Waals surface area contributed by atoms with Gasteiger partial charge in [0.25, 0.3) is 0 Å². The van der Waals surface area contributed by atoms with E-state index in [9.17, 15) is 0 Å². The first-order valence-corrected chi connectivity index (χ1v) is 5.78. The summed E-state index contributed by atoms with van der Waals surface area (Å²) < 4.78 is 5.53. The topological polar surface area (TPSA) is 63.9 Å². The number of nitrogens with two attached hydrogens (primary N) is 1. The van der Waals surface area contributed by atoms with Crippen LogP contribution >= 0.6 is 23.2 Å². The molecule has 0 saturated heterocycles. The van der Waals surface area contributed by atoms with E-state index in [2.05, 4.69) is 10.2 Å². The second-order valence-electron chi connectivity index (χ2n) is 3.49. The van der Waals surface area contributed by atoms with Crippen molar-refractivity contribution in [3.05, 3.63) is 40.0 Å². The number of hydrogen-bond acceptors (Lipinski definition) is 3. The molecule has 1 heterocycles. The van der Waals surface area contributed by atoms with Gasteiger partial charge in [-0.1, -0.05) is 23.2 Å². The number of halogens is 2. The first kappa shape index (κ1) is 12.1. The van der Waals surface area contributed by atoms with Crippen molar-refractivity contribution in [2.45, 2.75) is 6.42 Å². The Kier molecular flexibility index (Phi) is 3.76. The van der Waals surface area contributed by atoms with Gasteiger partial charge in [-0.15, -0.1) is 0 Å². The van der Waals surface area contributed by atoms with Gasteiger partial charge in [-0.2, -0.15) is 5.10 Å². The van der Waals surface area contributed by atoms with Gasteiger partial charge in [-0.25, -0.2) is 0 Å². The van der Waals surface area contributed by atoms with E-state index in [1.807, 2.05) is 0 Å². The molecule has 3 N–H and O–H groups in total. The first-order valence-electron chi connectivity index (χ1n) is 5.03. The Morgan fingerprint density at radius 1 is 1.29 bits per heavy atom. The van der Waals surface area contributed by atoms with Crippen LogP contribution in [0.25, 0.3) is 0 Å². The first-order chi connectivity index (χ1) is 8.15. The number of rotatable bonds is 4. The van der Waals surface area contributed by atoms with Crippen LogP contribution in [-0.4, -0.2) is 16.8 Å². The highest BCUT2D eigenvalue weighted by molar-refractivity contribution is 6.35. The SMILES string of the molecule is Nc1cc(CCOc2ccc(Cl)cc2Cl)[nH]n1. The van der Waals surface area contributed by atoms with Crippen LogP contribution in [0.4, 0.5) is 5.82 Å². The van der Waals surface area contributed by atoms with Gasteiger partial charge in [0.05, 0.1) is 11.6 Å². The van der Waals surface area contributed by atoms with E-state index in [-0.39, 0.29) is 0 Å². The van der Waals surface area contributed by atoms with Crippen LogP contribution < -0.4 is 10.5 Å². The maximum absolute atomic E-state index is 5.97. The highest BCUT2D eigenvalue weighted by Gasteiger charge is 2.03. The summed E-state index contributed by atoms with van der Waals surface area (Å²) in [5.74, 6) is 1.09. The number of nitrogen functional groups attached to an aromatic ring is 1. The number of aromatic amines is 1. The predicted octanol–water partition coefficient (Wildman–Crippen LogP) is 2.92. The largest absolute Gasteiger partial charge is 0.492 e. The van der Waals surface area contributed by atoms with Crippen molar-refractivity contribution in [3.63, 3.8) is 0 Å². The zero-order chi connectivity index (χ0) is 12.3. The lowest BCUT2D eigenvalue weighted by molar-refractivity contribution is 0.320. The summed E-state index contributed by atoms with van der Waals surface area (Å²) in [6, 6.07) is 6.89. The third kappa shape index (κ3) is 3.28. The van der Waals surface area contributed by atoms with Crippen LogP contribution in [0.3, 0.4) is 0 Å². The molecule has 0 unspecified atom stereocenters. The quantitative estimate of drug-likeness (QED) is 0.899. The Hall–Kier alpha value is -1.39. The van der Waals surface area contributed by atoms with Crippen molar-refractivity contribution < 1.29 is 4.74 Å². The van der Waals surface area contributed by atoms with Crippen LogP contribution in [0.15, 0.2) is 24.3 Å². The minimum Gasteiger partial charge on any atom is -0.492 e. The molecular weight excluding hydrogens is 261 g/mol. The van der Waals surface area contributed by atoms with Gasteiger partial charge in [-0.05, 0) is 18.2 Å². The molecule has 0 fully saturated rings. The monoisotopic (exact) mass is 271 g/mol. The number of nitrogens with one attached hydrogen (secondary N) is 1. The number of H-pyrrole nitrogens is 1. The molecule has 90 valence electrons. The van der Waals surface area contributed by atoms with E-state index in [0.29, 0.717) is 34.6 Å². The maximum Gasteiger partial charge on any atom is 0.145 e. The lowest BCUT2D eigenvalue weighted by atomic mass is 10.3. The van der Waals surface area contributed by atoms with Crippen molar-refractivity contribution in [2.24, 2.45) is 0 Å². The zero-order valence-corrected chi connectivity index (χ0v) is 10.4. The molecule has 0 radical (unpaired) electrons. The molecule has 0 atom stereocenters. The predicted molar refractivity (Wildman–Crippen MR) is 68.7 cm³/mol. The molecule has 4 nitrogen and oxygen atoms in total. The Balaban J connectivity index is 1.90. The van der Waals surface area contributed by atoms with Gasteiger partial charge in [-0.3, -0.25) is 5.10 Å². The standard InChI is InChI=1S/C11H11Cl2N3O/c12-7-1-2-10(9(13)5-7)17-4-3-8-6-11(14)16-15-8/h1-2,5-6H,3-4H2,(H3,14,15,16). The summed E-state index contributed by atoms with van der Waals surface area (Å²) in [6.45, 7) is 0.489. The molecule has 1 aromatic carbocycles. The number of anilines is 1. The summed E-state index contributed by atoms with van der Waals surface area (Å²) in [6.07, 6.45) is 0.684. The van der Waals surface area contributed by atoms with E-state index in [0.717, 1.165) is 5.69 Å². The van der Waals surface area contributed by atoms with Crippen LogP contribution in [0.2, 0.25) is 10.0 Å². The Bertz CT molecular complexity index is 513. The zero-order valence-electron chi connectivity index (χ0n) is 8.91. The number of nitrogens with zero attached hydrogens (tertiary/aromatic N) is 1. The Morgan fingerprint density at radius 3 is 2.76 bits per heavy atom. The molecular formula is C11H11Cl2N3O. The van der Waals surface area contributed by atoms with Crippen molar-refractivity contribution in [1.29, 1.82) is 0 Å². The number of aromatic nitrogens is 2. The maximum atomic E-state index is 5.97. The third-order valence-corrected chi connectivity index (χ3v) is 2.70. The number of ether oxygens (including phenoxy) is 1. The van der Waals surface area contributed by atoms with Gasteiger partial charge in [0.15, 0.2) is 0 Å². The normalized spacial score (nSPS) is 10.5. The van der Waals surface area contributed by atoms with E-state index < -0.39 is 0 Å². The third-order valence-electron chi connectivity index (χ3n) is 2.17. The van der Waals surface area contributed by atoms with Gasteiger partial charge >= 0.3 is 0 Å². The average molecular weight is 272 g/mol. The second-order valence-corrected chi connectivity index (χ2v) is 4.33.